The highest BCUT2D eigenvalue weighted by molar-refractivity contribution is 6.30. The maximum atomic E-state index is 5.81. The van der Waals surface area contributed by atoms with Crippen LogP contribution in [0.3, 0.4) is 0 Å². The molecule has 0 aliphatic rings. The minimum atomic E-state index is 0.789. The lowest BCUT2D eigenvalue weighted by molar-refractivity contribution is 0.713. The Morgan fingerprint density at radius 3 is 2.50 bits per heavy atom. The fourth-order valence-corrected chi connectivity index (χ4v) is 1.44. The van der Waals surface area contributed by atoms with E-state index in [1.54, 1.807) is 0 Å². The molecule has 0 atom stereocenters. The van der Waals surface area contributed by atoms with Crippen molar-refractivity contribution in [1.82, 2.24) is 5.32 Å². The van der Waals surface area contributed by atoms with Crippen LogP contribution < -0.4 is 10.2 Å². The summed E-state index contributed by atoms with van der Waals surface area (Å²) in [4.78, 5) is 2.23. The van der Waals surface area contributed by atoms with Crippen molar-refractivity contribution < 1.29 is 0 Å². The Morgan fingerprint density at radius 1 is 1.29 bits per heavy atom. The van der Waals surface area contributed by atoms with Gasteiger partial charge in [0.25, 0.3) is 0 Å². The summed E-state index contributed by atoms with van der Waals surface area (Å²) >= 11 is 5.81. The molecule has 1 aromatic rings. The molecule has 0 saturated carbocycles. The van der Waals surface area contributed by atoms with Gasteiger partial charge in [0.15, 0.2) is 0 Å². The van der Waals surface area contributed by atoms with Gasteiger partial charge >= 0.3 is 0 Å². The maximum Gasteiger partial charge on any atom is 0.0407 e. The van der Waals surface area contributed by atoms with E-state index in [1.165, 1.54) is 5.69 Å². The molecule has 78 valence electrons. The lowest BCUT2D eigenvalue weighted by Gasteiger charge is -2.19. The Kier molecular flexibility index (Phi) is 4.77. The predicted octanol–water partition coefficient (Wildman–Crippen LogP) is 2.39. The smallest absolute Gasteiger partial charge is 0.0407 e. The lowest BCUT2D eigenvalue weighted by atomic mass is 10.3. The van der Waals surface area contributed by atoms with Gasteiger partial charge < -0.3 is 10.2 Å². The molecular formula is C11H17ClN2. The van der Waals surface area contributed by atoms with E-state index in [-0.39, 0.29) is 0 Å². The molecule has 0 heterocycles. The van der Waals surface area contributed by atoms with Gasteiger partial charge in [0.05, 0.1) is 0 Å². The second kappa shape index (κ2) is 5.89. The molecule has 0 amide bonds. The monoisotopic (exact) mass is 212 g/mol. The third-order valence-electron chi connectivity index (χ3n) is 2.19. The van der Waals surface area contributed by atoms with E-state index in [2.05, 4.69) is 17.3 Å². The molecular weight excluding hydrogens is 196 g/mol. The Balaban J connectivity index is 2.43. The predicted molar refractivity (Wildman–Crippen MR) is 63.3 cm³/mol. The molecule has 0 bridgehead atoms. The van der Waals surface area contributed by atoms with Crippen LogP contribution in [0.2, 0.25) is 5.02 Å². The quantitative estimate of drug-likeness (QED) is 0.755. The van der Waals surface area contributed by atoms with Crippen LogP contribution in [0, 0.1) is 0 Å². The van der Waals surface area contributed by atoms with Gasteiger partial charge in [-0.25, -0.2) is 0 Å². The summed E-state index contributed by atoms with van der Waals surface area (Å²) in [6.07, 6.45) is 1.15. The summed E-state index contributed by atoms with van der Waals surface area (Å²) in [5, 5.41) is 3.93. The molecule has 1 N–H and O–H groups in total. The minimum Gasteiger partial charge on any atom is -0.375 e. The highest BCUT2D eigenvalue weighted by Gasteiger charge is 1.99. The van der Waals surface area contributed by atoms with Crippen LogP contribution in [0.1, 0.15) is 6.42 Å². The first kappa shape index (κ1) is 11.3. The van der Waals surface area contributed by atoms with Crippen LogP contribution in [0.15, 0.2) is 24.3 Å². The first-order chi connectivity index (χ1) is 6.74. The first-order valence-electron chi connectivity index (χ1n) is 4.85. The number of halogens is 1. The summed E-state index contributed by atoms with van der Waals surface area (Å²) < 4.78 is 0. The molecule has 1 aromatic carbocycles. The van der Waals surface area contributed by atoms with Gasteiger partial charge in [0, 0.05) is 24.3 Å². The van der Waals surface area contributed by atoms with Gasteiger partial charge in [-0.15, -0.1) is 0 Å². The summed E-state index contributed by atoms with van der Waals surface area (Å²) in [6.45, 7) is 2.11. The highest BCUT2D eigenvalue weighted by atomic mass is 35.5. The van der Waals surface area contributed by atoms with Crippen LogP contribution in [-0.2, 0) is 0 Å². The molecule has 0 fully saturated rings. The van der Waals surface area contributed by atoms with Crippen molar-refractivity contribution in [2.24, 2.45) is 0 Å². The van der Waals surface area contributed by atoms with E-state index in [0.29, 0.717) is 0 Å². The molecule has 0 aliphatic heterocycles. The number of nitrogens with zero attached hydrogens (tertiary/aromatic N) is 1. The molecule has 0 unspecified atom stereocenters. The summed E-state index contributed by atoms with van der Waals surface area (Å²) in [5.41, 5.74) is 1.21. The second-order valence-corrected chi connectivity index (χ2v) is 3.79. The van der Waals surface area contributed by atoms with E-state index in [0.717, 1.165) is 24.5 Å². The summed E-state index contributed by atoms with van der Waals surface area (Å²) in [7, 11) is 4.07. The molecule has 0 spiro atoms. The molecule has 2 nitrogen and oxygen atoms in total. The van der Waals surface area contributed by atoms with Crippen LogP contribution in [-0.4, -0.2) is 27.2 Å². The normalized spacial score (nSPS) is 10.2. The Hall–Kier alpha value is -0.730. The van der Waals surface area contributed by atoms with Crippen LogP contribution in [0.4, 0.5) is 5.69 Å². The lowest BCUT2D eigenvalue weighted by Crippen LogP contribution is -2.22. The largest absolute Gasteiger partial charge is 0.375 e. The Labute approximate surface area is 90.9 Å². The SMILES string of the molecule is CNCCCN(C)c1ccc(Cl)cc1. The second-order valence-electron chi connectivity index (χ2n) is 3.36. The van der Waals surface area contributed by atoms with E-state index in [1.807, 2.05) is 31.3 Å². The third-order valence-corrected chi connectivity index (χ3v) is 2.44. The first-order valence-corrected chi connectivity index (χ1v) is 5.23. The van der Waals surface area contributed by atoms with Crippen molar-refractivity contribution >= 4 is 17.3 Å². The summed E-state index contributed by atoms with van der Waals surface area (Å²) in [5.74, 6) is 0. The molecule has 0 aromatic heterocycles. The van der Waals surface area contributed by atoms with E-state index >= 15 is 0 Å². The van der Waals surface area contributed by atoms with Gasteiger partial charge in [0.2, 0.25) is 0 Å². The van der Waals surface area contributed by atoms with Gasteiger partial charge in [-0.05, 0) is 44.3 Å². The zero-order valence-electron chi connectivity index (χ0n) is 8.76. The molecule has 0 radical (unpaired) electrons. The molecule has 0 saturated heterocycles. The van der Waals surface area contributed by atoms with Gasteiger partial charge in [0.1, 0.15) is 0 Å². The van der Waals surface area contributed by atoms with Crippen LogP contribution in [0.5, 0.6) is 0 Å². The maximum absolute atomic E-state index is 5.81. The zero-order chi connectivity index (χ0) is 10.4. The van der Waals surface area contributed by atoms with Gasteiger partial charge in [-0.3, -0.25) is 0 Å². The molecule has 1 rings (SSSR count). The van der Waals surface area contributed by atoms with Crippen molar-refractivity contribution in [3.05, 3.63) is 29.3 Å². The molecule has 14 heavy (non-hydrogen) atoms. The van der Waals surface area contributed by atoms with E-state index < -0.39 is 0 Å². The van der Waals surface area contributed by atoms with Crippen molar-refractivity contribution in [1.29, 1.82) is 0 Å². The van der Waals surface area contributed by atoms with E-state index in [9.17, 15) is 0 Å². The Bertz CT molecular complexity index is 258. The van der Waals surface area contributed by atoms with Crippen molar-refractivity contribution in [2.75, 3.05) is 32.1 Å². The molecule has 0 aliphatic carbocycles. The standard InChI is InChI=1S/C11H17ClN2/c1-13-8-3-9-14(2)11-6-4-10(12)5-7-11/h4-7,13H,3,8-9H2,1-2H3. The minimum absolute atomic E-state index is 0.789. The van der Waals surface area contributed by atoms with Crippen LogP contribution >= 0.6 is 11.6 Å². The fraction of sp³-hybridized carbons (Fsp3) is 0.455. The number of anilines is 1. The number of hydrogen-bond donors (Lipinski definition) is 1. The van der Waals surface area contributed by atoms with Crippen molar-refractivity contribution in [3.63, 3.8) is 0 Å². The average molecular weight is 213 g/mol. The third kappa shape index (κ3) is 3.56. The van der Waals surface area contributed by atoms with Crippen LogP contribution in [0.25, 0.3) is 0 Å². The average Bonchev–Trinajstić information content (AvgIpc) is 2.19. The summed E-state index contributed by atoms with van der Waals surface area (Å²) in [6, 6.07) is 7.93. The number of benzene rings is 1. The zero-order valence-corrected chi connectivity index (χ0v) is 9.51. The van der Waals surface area contributed by atoms with Gasteiger partial charge in [-0.2, -0.15) is 0 Å². The van der Waals surface area contributed by atoms with E-state index in [4.69, 9.17) is 11.6 Å². The molecule has 3 heteroatoms. The number of rotatable bonds is 5. The van der Waals surface area contributed by atoms with Crippen molar-refractivity contribution in [3.8, 4) is 0 Å². The number of nitrogens with one attached hydrogen (secondary N) is 1. The van der Waals surface area contributed by atoms with Crippen molar-refractivity contribution in [2.45, 2.75) is 6.42 Å². The highest BCUT2D eigenvalue weighted by Crippen LogP contribution is 2.16. The fourth-order valence-electron chi connectivity index (χ4n) is 1.32. The number of hydrogen-bond acceptors (Lipinski definition) is 2. The Morgan fingerprint density at radius 2 is 1.93 bits per heavy atom. The topological polar surface area (TPSA) is 15.3 Å². The van der Waals surface area contributed by atoms with Gasteiger partial charge in [-0.1, -0.05) is 11.6 Å².